The molecular weight excluding hydrogens is 581 g/mol. The molecule has 0 aliphatic heterocycles. The molecule has 4 saturated carbocycles. The SMILES string of the molecule is c1ccc(N(c2ccccc2)c2ccc(C34C5CCC3C3CCC5C34c3ccc(N(c4ccccc4)c4ccccc4)cc3)cc2)cc1. The van der Waals surface area contributed by atoms with Gasteiger partial charge < -0.3 is 9.80 Å². The zero-order chi connectivity index (χ0) is 31.7. The molecule has 4 unspecified atom stereocenters. The van der Waals surface area contributed by atoms with Gasteiger partial charge in [0, 0.05) is 45.0 Å². The predicted octanol–water partition coefficient (Wildman–Crippen LogP) is 11.9. The summed E-state index contributed by atoms with van der Waals surface area (Å²) in [6.07, 6.45) is 5.57. The molecule has 2 nitrogen and oxygen atoms in total. The molecule has 0 N–H and O–H groups in total. The molecule has 0 amide bonds. The first kappa shape index (κ1) is 28.0. The van der Waals surface area contributed by atoms with Crippen molar-refractivity contribution in [3.63, 3.8) is 0 Å². The molecule has 4 aliphatic rings. The van der Waals surface area contributed by atoms with E-state index in [0.717, 1.165) is 23.7 Å². The van der Waals surface area contributed by atoms with Crippen LogP contribution in [0.4, 0.5) is 34.1 Å². The zero-order valence-electron chi connectivity index (χ0n) is 27.2. The Morgan fingerprint density at radius 1 is 0.292 bits per heavy atom. The van der Waals surface area contributed by atoms with Crippen LogP contribution < -0.4 is 9.80 Å². The lowest BCUT2D eigenvalue weighted by Crippen LogP contribution is -2.80. The Kier molecular flexibility index (Phi) is 6.25. The lowest BCUT2D eigenvalue weighted by Gasteiger charge is -2.78. The number of hydrogen-bond donors (Lipinski definition) is 0. The maximum Gasteiger partial charge on any atom is 0.0461 e. The van der Waals surface area contributed by atoms with Gasteiger partial charge in [-0.3, -0.25) is 0 Å². The minimum Gasteiger partial charge on any atom is -0.311 e. The number of para-hydroxylation sites is 4. The number of anilines is 6. The molecular formula is C46H40N2. The highest BCUT2D eigenvalue weighted by Crippen LogP contribution is 2.90. The molecule has 0 saturated heterocycles. The maximum atomic E-state index is 2.51. The van der Waals surface area contributed by atoms with Crippen molar-refractivity contribution in [2.24, 2.45) is 23.7 Å². The fourth-order valence-corrected chi connectivity index (χ4v) is 11.6. The molecule has 4 atom stereocenters. The van der Waals surface area contributed by atoms with Gasteiger partial charge in [0.2, 0.25) is 0 Å². The van der Waals surface area contributed by atoms with Crippen LogP contribution in [0.1, 0.15) is 36.8 Å². The van der Waals surface area contributed by atoms with Crippen molar-refractivity contribution in [3.8, 4) is 0 Å². The van der Waals surface area contributed by atoms with Crippen molar-refractivity contribution in [2.75, 3.05) is 9.80 Å². The molecule has 10 rings (SSSR count). The van der Waals surface area contributed by atoms with Gasteiger partial charge in [-0.2, -0.15) is 0 Å². The molecule has 48 heavy (non-hydrogen) atoms. The second-order valence-corrected chi connectivity index (χ2v) is 14.4. The molecule has 0 spiro atoms. The summed E-state index contributed by atoms with van der Waals surface area (Å²) >= 11 is 0. The van der Waals surface area contributed by atoms with Gasteiger partial charge in [-0.1, -0.05) is 97.1 Å². The summed E-state index contributed by atoms with van der Waals surface area (Å²) in [4.78, 5) is 4.77. The van der Waals surface area contributed by atoms with Crippen LogP contribution in [0.15, 0.2) is 170 Å². The summed E-state index contributed by atoms with van der Waals surface area (Å²) in [6, 6.07) is 62.7. The first-order chi connectivity index (χ1) is 23.8. The Labute approximate surface area is 284 Å². The minimum absolute atomic E-state index is 0.266. The van der Waals surface area contributed by atoms with Crippen LogP contribution in [-0.2, 0) is 10.8 Å². The summed E-state index contributed by atoms with van der Waals surface area (Å²) in [6.45, 7) is 0. The van der Waals surface area contributed by atoms with Crippen LogP contribution in [-0.4, -0.2) is 0 Å². The van der Waals surface area contributed by atoms with Gasteiger partial charge in [0.05, 0.1) is 0 Å². The standard InChI is InChI=1S/C46H40N2/c1-5-13-35(14-6-1)47(36-15-7-2-8-16-36)39-25-21-33(22-26-39)45-41-29-30-42(45)44-32-31-43(41)46(44,45)34-23-27-40(28-24-34)48(37-17-9-3-10-18-37)38-19-11-4-12-20-38/h1-28,41-44H,29-32H2. The third kappa shape index (κ3) is 3.64. The second-order valence-electron chi connectivity index (χ2n) is 14.4. The van der Waals surface area contributed by atoms with E-state index in [2.05, 4.69) is 180 Å². The van der Waals surface area contributed by atoms with Crippen molar-refractivity contribution in [1.82, 2.24) is 0 Å². The largest absolute Gasteiger partial charge is 0.311 e. The van der Waals surface area contributed by atoms with E-state index in [1.807, 2.05) is 0 Å². The minimum atomic E-state index is 0.266. The van der Waals surface area contributed by atoms with E-state index in [4.69, 9.17) is 0 Å². The monoisotopic (exact) mass is 620 g/mol. The highest BCUT2D eigenvalue weighted by Gasteiger charge is 2.88. The average molecular weight is 621 g/mol. The second kappa shape index (κ2) is 10.7. The van der Waals surface area contributed by atoms with Crippen LogP contribution in [0.25, 0.3) is 0 Å². The van der Waals surface area contributed by atoms with E-state index < -0.39 is 0 Å². The average Bonchev–Trinajstić information content (AvgIpc) is 3.47. The zero-order valence-corrected chi connectivity index (χ0v) is 27.2. The van der Waals surface area contributed by atoms with E-state index >= 15 is 0 Å². The summed E-state index contributed by atoms with van der Waals surface area (Å²) in [5.41, 5.74) is 10.9. The first-order valence-electron chi connectivity index (χ1n) is 17.8. The Morgan fingerprint density at radius 2 is 0.521 bits per heavy atom. The highest BCUT2D eigenvalue weighted by atomic mass is 15.1. The first-order valence-corrected chi connectivity index (χ1v) is 17.8. The third-order valence-corrected chi connectivity index (χ3v) is 12.8. The van der Waals surface area contributed by atoms with Crippen molar-refractivity contribution in [3.05, 3.63) is 181 Å². The van der Waals surface area contributed by atoms with Gasteiger partial charge in [-0.25, -0.2) is 0 Å². The Hall–Kier alpha value is -5.08. The smallest absolute Gasteiger partial charge is 0.0461 e. The van der Waals surface area contributed by atoms with Gasteiger partial charge in [-0.05, 0) is 133 Å². The van der Waals surface area contributed by atoms with E-state index in [1.54, 1.807) is 11.1 Å². The summed E-state index contributed by atoms with van der Waals surface area (Å²) in [7, 11) is 0. The van der Waals surface area contributed by atoms with E-state index in [9.17, 15) is 0 Å². The van der Waals surface area contributed by atoms with Crippen LogP contribution >= 0.6 is 0 Å². The summed E-state index contributed by atoms with van der Waals surface area (Å²) in [5, 5.41) is 0. The maximum absolute atomic E-state index is 2.51. The van der Waals surface area contributed by atoms with Gasteiger partial charge in [0.25, 0.3) is 0 Å². The lowest BCUT2D eigenvalue weighted by atomic mass is 9.24. The van der Waals surface area contributed by atoms with E-state index in [1.165, 1.54) is 59.8 Å². The third-order valence-electron chi connectivity index (χ3n) is 12.8. The van der Waals surface area contributed by atoms with Crippen LogP contribution in [0, 0.1) is 23.7 Å². The van der Waals surface area contributed by atoms with Crippen molar-refractivity contribution < 1.29 is 0 Å². The topological polar surface area (TPSA) is 6.48 Å². The molecule has 4 aliphatic carbocycles. The number of fused-ring (bicyclic) bond motifs is 2. The van der Waals surface area contributed by atoms with Gasteiger partial charge in [-0.15, -0.1) is 0 Å². The molecule has 234 valence electrons. The van der Waals surface area contributed by atoms with Gasteiger partial charge >= 0.3 is 0 Å². The van der Waals surface area contributed by atoms with Gasteiger partial charge in [0.15, 0.2) is 0 Å². The number of benzene rings is 6. The van der Waals surface area contributed by atoms with Crippen molar-refractivity contribution >= 4 is 34.1 Å². The fraction of sp³-hybridized carbons (Fsp3) is 0.217. The molecule has 0 aromatic heterocycles. The molecule has 2 heteroatoms. The molecule has 4 fully saturated rings. The Morgan fingerprint density at radius 3 is 0.771 bits per heavy atom. The van der Waals surface area contributed by atoms with Gasteiger partial charge in [0.1, 0.15) is 0 Å². The van der Waals surface area contributed by atoms with E-state index in [-0.39, 0.29) is 10.8 Å². The fourth-order valence-electron chi connectivity index (χ4n) is 11.6. The molecule has 6 aromatic rings. The molecule has 6 aromatic carbocycles. The Bertz CT molecular complexity index is 1790. The summed E-state index contributed by atoms with van der Waals surface area (Å²) < 4.78 is 0. The number of hydrogen-bond acceptors (Lipinski definition) is 2. The van der Waals surface area contributed by atoms with Crippen molar-refractivity contribution in [1.29, 1.82) is 0 Å². The molecule has 0 heterocycles. The van der Waals surface area contributed by atoms with Crippen LogP contribution in [0.2, 0.25) is 0 Å². The number of nitrogens with zero attached hydrogens (tertiary/aromatic N) is 2. The molecule has 0 bridgehead atoms. The lowest BCUT2D eigenvalue weighted by molar-refractivity contribution is -0.195. The van der Waals surface area contributed by atoms with Crippen LogP contribution in [0.3, 0.4) is 0 Å². The Balaban J connectivity index is 1.04. The quantitative estimate of drug-likeness (QED) is 0.167. The predicted molar refractivity (Wildman–Crippen MR) is 198 cm³/mol. The summed E-state index contributed by atoms with van der Waals surface area (Å²) in [5.74, 6) is 3.21. The number of rotatable bonds is 8. The molecule has 0 radical (unpaired) electrons. The van der Waals surface area contributed by atoms with Crippen LogP contribution in [0.5, 0.6) is 0 Å². The van der Waals surface area contributed by atoms with Crippen molar-refractivity contribution in [2.45, 2.75) is 36.5 Å². The van der Waals surface area contributed by atoms with E-state index in [0.29, 0.717) is 0 Å². The highest BCUT2D eigenvalue weighted by molar-refractivity contribution is 5.78. The normalized spacial score (nSPS) is 27.4.